The Bertz CT molecular complexity index is 438. The van der Waals surface area contributed by atoms with Gasteiger partial charge in [-0.05, 0) is 38.0 Å². The summed E-state index contributed by atoms with van der Waals surface area (Å²) in [6.45, 7) is 2.02. The van der Waals surface area contributed by atoms with Gasteiger partial charge in [0.25, 0.3) is 5.91 Å². The Balaban J connectivity index is 1.57. The van der Waals surface area contributed by atoms with Gasteiger partial charge in [-0.3, -0.25) is 9.59 Å². The Morgan fingerprint density at radius 3 is 2.95 bits per heavy atom. The van der Waals surface area contributed by atoms with E-state index in [1.807, 2.05) is 0 Å². The Kier molecular flexibility index (Phi) is 3.52. The lowest BCUT2D eigenvalue weighted by Gasteiger charge is -2.23. The summed E-state index contributed by atoms with van der Waals surface area (Å²) in [5.74, 6) is 0.677. The molecule has 1 amide bonds. The van der Waals surface area contributed by atoms with E-state index in [-0.39, 0.29) is 6.61 Å². The average molecular weight is 282 g/mol. The molecule has 0 aromatic carbocycles. The minimum atomic E-state index is -0.805. The monoisotopic (exact) mass is 282 g/mol. The molecule has 1 heterocycles. The third-order valence-electron chi connectivity index (χ3n) is 4.21. The van der Waals surface area contributed by atoms with E-state index in [9.17, 15) is 9.59 Å². The van der Waals surface area contributed by atoms with Gasteiger partial charge in [0.05, 0.1) is 6.61 Å². The standard InChI is InChI=1S/C13H18N2O3S/c1-2-18-12(17)10-11(16)15-13(19-10)14-9-6-7-3-4-8(9)5-7/h7-10H,2-6H2,1H3,(H,14,15,16)/t7-,8+,9?,10?/m1/s1. The van der Waals surface area contributed by atoms with Gasteiger partial charge in [-0.15, -0.1) is 0 Å². The van der Waals surface area contributed by atoms with Gasteiger partial charge in [0.1, 0.15) is 0 Å². The van der Waals surface area contributed by atoms with Gasteiger partial charge in [-0.25, -0.2) is 0 Å². The number of carbonyl (C=O) groups excluding carboxylic acids is 2. The molecule has 2 aliphatic carbocycles. The van der Waals surface area contributed by atoms with Crippen LogP contribution in [0, 0.1) is 11.8 Å². The Labute approximate surface area is 116 Å². The first-order valence-corrected chi connectivity index (χ1v) is 7.77. The zero-order valence-corrected chi connectivity index (χ0v) is 11.7. The quantitative estimate of drug-likeness (QED) is 0.624. The van der Waals surface area contributed by atoms with Crippen molar-refractivity contribution in [3.05, 3.63) is 0 Å². The molecule has 0 aromatic rings. The van der Waals surface area contributed by atoms with E-state index in [4.69, 9.17) is 4.74 Å². The fourth-order valence-electron chi connectivity index (χ4n) is 3.36. The summed E-state index contributed by atoms with van der Waals surface area (Å²) in [6, 6.07) is 0.429. The average Bonchev–Trinajstić information content (AvgIpc) is 3.05. The molecule has 0 saturated heterocycles. The van der Waals surface area contributed by atoms with E-state index >= 15 is 0 Å². The van der Waals surface area contributed by atoms with Gasteiger partial charge >= 0.3 is 5.97 Å². The van der Waals surface area contributed by atoms with E-state index in [1.54, 1.807) is 6.92 Å². The summed E-state index contributed by atoms with van der Waals surface area (Å²) in [4.78, 5) is 27.2. The first-order valence-electron chi connectivity index (χ1n) is 6.89. The molecule has 19 heavy (non-hydrogen) atoms. The van der Waals surface area contributed by atoms with Gasteiger partial charge in [0.15, 0.2) is 10.4 Å². The number of esters is 1. The minimum Gasteiger partial charge on any atom is -0.465 e. The summed E-state index contributed by atoms with van der Waals surface area (Å²) in [5, 5.41) is 3.14. The molecule has 1 aliphatic heterocycles. The van der Waals surface area contributed by atoms with Gasteiger partial charge in [-0.2, -0.15) is 4.99 Å². The molecule has 3 aliphatic rings. The van der Waals surface area contributed by atoms with Crippen LogP contribution >= 0.6 is 11.8 Å². The van der Waals surface area contributed by atoms with Crippen molar-refractivity contribution < 1.29 is 14.3 Å². The maximum atomic E-state index is 11.7. The highest BCUT2D eigenvalue weighted by atomic mass is 32.2. The summed E-state index contributed by atoms with van der Waals surface area (Å²) in [6.07, 6.45) is 5.08. The zero-order valence-electron chi connectivity index (χ0n) is 10.9. The van der Waals surface area contributed by atoms with Crippen LogP contribution < -0.4 is 5.32 Å². The van der Waals surface area contributed by atoms with E-state index in [0.29, 0.717) is 17.1 Å². The molecule has 2 saturated carbocycles. The van der Waals surface area contributed by atoms with Crippen LogP contribution in [0.1, 0.15) is 32.6 Å². The van der Waals surface area contributed by atoms with Crippen molar-refractivity contribution in [2.75, 3.05) is 6.61 Å². The maximum absolute atomic E-state index is 11.7. The maximum Gasteiger partial charge on any atom is 0.329 e. The Hall–Kier alpha value is -1.04. The Morgan fingerprint density at radius 2 is 2.32 bits per heavy atom. The van der Waals surface area contributed by atoms with Gasteiger partial charge in [-0.1, -0.05) is 18.2 Å². The number of amidine groups is 1. The van der Waals surface area contributed by atoms with Crippen LogP contribution in [0.3, 0.4) is 0 Å². The molecule has 1 N–H and O–H groups in total. The number of nitrogens with one attached hydrogen (secondary N) is 1. The number of carbonyl (C=O) groups is 2. The smallest absolute Gasteiger partial charge is 0.329 e. The van der Waals surface area contributed by atoms with Gasteiger partial charge < -0.3 is 10.1 Å². The van der Waals surface area contributed by atoms with E-state index in [0.717, 1.165) is 5.92 Å². The molecular formula is C13H18N2O3S. The van der Waals surface area contributed by atoms with E-state index in [2.05, 4.69) is 10.3 Å². The van der Waals surface area contributed by atoms with Crippen molar-refractivity contribution in [1.82, 2.24) is 5.32 Å². The third-order valence-corrected chi connectivity index (χ3v) is 5.28. The van der Waals surface area contributed by atoms with Crippen LogP contribution in [0.4, 0.5) is 0 Å². The molecule has 3 rings (SSSR count). The molecule has 2 unspecified atom stereocenters. The number of fused-ring (bicyclic) bond motifs is 2. The van der Waals surface area contributed by atoms with Crippen LogP contribution in [0.5, 0.6) is 0 Å². The molecule has 4 atom stereocenters. The molecule has 5 nitrogen and oxygen atoms in total. The van der Waals surface area contributed by atoms with Crippen LogP contribution in [-0.4, -0.2) is 34.9 Å². The van der Waals surface area contributed by atoms with Gasteiger partial charge in [0, 0.05) is 6.04 Å². The highest BCUT2D eigenvalue weighted by Crippen LogP contribution is 2.44. The van der Waals surface area contributed by atoms with Crippen LogP contribution in [0.25, 0.3) is 0 Å². The predicted octanol–water partition coefficient (Wildman–Crippen LogP) is 1.33. The summed E-state index contributed by atoms with van der Waals surface area (Å²) < 4.78 is 4.88. The van der Waals surface area contributed by atoms with Crippen molar-refractivity contribution in [3.8, 4) is 0 Å². The third kappa shape index (κ3) is 2.50. The van der Waals surface area contributed by atoms with Crippen LogP contribution in [-0.2, 0) is 14.3 Å². The van der Waals surface area contributed by atoms with Crippen molar-refractivity contribution >= 4 is 28.8 Å². The lowest BCUT2D eigenvalue weighted by Crippen LogP contribution is -2.37. The van der Waals surface area contributed by atoms with Gasteiger partial charge in [0.2, 0.25) is 0 Å². The number of hydrogen-bond acceptors (Lipinski definition) is 5. The first-order chi connectivity index (χ1) is 9.17. The number of nitrogens with zero attached hydrogens (tertiary/aromatic N) is 1. The number of aliphatic imine (C=N–C) groups is 1. The Morgan fingerprint density at radius 1 is 1.47 bits per heavy atom. The SMILES string of the molecule is CCOC(=O)C1SC(NC2C[C@@H]3CC[C@H]2C3)=NC1=O. The lowest BCUT2D eigenvalue weighted by atomic mass is 9.96. The predicted molar refractivity (Wildman–Crippen MR) is 72.8 cm³/mol. The second-order valence-electron chi connectivity index (χ2n) is 5.43. The molecule has 104 valence electrons. The molecular weight excluding hydrogens is 264 g/mol. The highest BCUT2D eigenvalue weighted by molar-refractivity contribution is 8.16. The summed E-state index contributed by atoms with van der Waals surface area (Å²) in [7, 11) is 0. The second-order valence-corrected chi connectivity index (χ2v) is 6.52. The number of hydrogen-bond donors (Lipinski definition) is 1. The molecule has 2 bridgehead atoms. The first kappa shape index (κ1) is 13.0. The highest BCUT2D eigenvalue weighted by Gasteiger charge is 2.42. The largest absolute Gasteiger partial charge is 0.465 e. The number of ether oxygens (including phenoxy) is 1. The fraction of sp³-hybridized carbons (Fsp3) is 0.769. The van der Waals surface area contributed by atoms with E-state index in [1.165, 1.54) is 37.4 Å². The molecule has 0 spiro atoms. The molecule has 6 heteroatoms. The molecule has 2 fully saturated rings. The zero-order chi connectivity index (χ0) is 13.4. The van der Waals surface area contributed by atoms with Crippen molar-refractivity contribution in [2.24, 2.45) is 16.8 Å². The topological polar surface area (TPSA) is 67.8 Å². The summed E-state index contributed by atoms with van der Waals surface area (Å²) in [5.41, 5.74) is 0. The molecule has 0 aromatic heterocycles. The minimum absolute atomic E-state index is 0.290. The fourth-order valence-corrected chi connectivity index (χ4v) is 4.26. The van der Waals surface area contributed by atoms with Crippen molar-refractivity contribution in [3.63, 3.8) is 0 Å². The van der Waals surface area contributed by atoms with Crippen molar-refractivity contribution in [1.29, 1.82) is 0 Å². The lowest BCUT2D eigenvalue weighted by molar-refractivity contribution is -0.144. The molecule has 0 radical (unpaired) electrons. The number of amides is 1. The number of thioether (sulfide) groups is 1. The van der Waals surface area contributed by atoms with Crippen LogP contribution in [0.15, 0.2) is 4.99 Å². The second kappa shape index (κ2) is 5.15. The van der Waals surface area contributed by atoms with Crippen molar-refractivity contribution in [2.45, 2.75) is 43.9 Å². The summed E-state index contributed by atoms with van der Waals surface area (Å²) >= 11 is 1.20. The normalized spacial score (nSPS) is 36.5. The van der Waals surface area contributed by atoms with E-state index < -0.39 is 17.1 Å². The van der Waals surface area contributed by atoms with Crippen LogP contribution in [0.2, 0.25) is 0 Å². The number of rotatable bonds is 3.